The van der Waals surface area contributed by atoms with Gasteiger partial charge in [-0.15, -0.1) is 11.3 Å². The topological polar surface area (TPSA) is 54.9 Å². The number of benzene rings is 1. The van der Waals surface area contributed by atoms with Crippen molar-refractivity contribution in [3.63, 3.8) is 0 Å². The van der Waals surface area contributed by atoms with Gasteiger partial charge in [0.2, 0.25) is 5.91 Å². The first-order chi connectivity index (χ1) is 11.6. The summed E-state index contributed by atoms with van der Waals surface area (Å²) in [5, 5.41) is 5.96. The maximum atomic E-state index is 12.2. The Balaban J connectivity index is 1.59. The van der Waals surface area contributed by atoms with Gasteiger partial charge in [0.1, 0.15) is 5.01 Å². The average molecular weight is 337 g/mol. The Labute approximate surface area is 145 Å². The number of nitrogens with one attached hydrogen (secondary N) is 1. The summed E-state index contributed by atoms with van der Waals surface area (Å²) in [4.78, 5) is 20.8. The van der Waals surface area contributed by atoms with E-state index in [1.54, 1.807) is 23.7 Å². The van der Waals surface area contributed by atoms with Crippen molar-refractivity contribution in [3.8, 4) is 10.6 Å². The van der Waals surface area contributed by atoms with Crippen LogP contribution in [0, 0.1) is 13.8 Å². The van der Waals surface area contributed by atoms with Gasteiger partial charge in [-0.3, -0.25) is 9.78 Å². The number of carbonyl (C=O) groups is 1. The summed E-state index contributed by atoms with van der Waals surface area (Å²) in [5.74, 6) is 0.0159. The molecule has 0 spiro atoms. The maximum Gasteiger partial charge on any atom is 0.224 e. The molecule has 0 aliphatic heterocycles. The molecule has 1 amide bonds. The van der Waals surface area contributed by atoms with E-state index in [2.05, 4.69) is 15.3 Å². The van der Waals surface area contributed by atoms with E-state index in [1.807, 2.05) is 49.6 Å². The predicted octanol–water partition coefficient (Wildman–Crippen LogP) is 4.39. The summed E-state index contributed by atoms with van der Waals surface area (Å²) >= 11 is 1.59. The Morgan fingerprint density at radius 1 is 1.17 bits per heavy atom. The number of hydrogen-bond acceptors (Lipinski definition) is 4. The smallest absolute Gasteiger partial charge is 0.224 e. The Morgan fingerprint density at radius 2 is 1.96 bits per heavy atom. The fourth-order valence-electron chi connectivity index (χ4n) is 2.39. The highest BCUT2D eigenvalue weighted by Crippen LogP contribution is 2.23. The number of anilines is 1. The zero-order valence-corrected chi connectivity index (χ0v) is 14.6. The first kappa shape index (κ1) is 16.3. The van der Waals surface area contributed by atoms with Crippen LogP contribution in [0.15, 0.2) is 48.1 Å². The highest BCUT2D eigenvalue weighted by atomic mass is 32.1. The number of thiazole rings is 1. The van der Waals surface area contributed by atoms with Gasteiger partial charge < -0.3 is 5.32 Å². The molecule has 0 aliphatic rings. The molecule has 5 heteroatoms. The summed E-state index contributed by atoms with van der Waals surface area (Å²) in [6.07, 6.45) is 4.58. The molecule has 4 nitrogen and oxygen atoms in total. The Bertz CT molecular complexity index is 843. The molecule has 3 aromatic rings. The summed E-state index contributed by atoms with van der Waals surface area (Å²) in [6.45, 7) is 4.06. The minimum Gasteiger partial charge on any atom is -0.326 e. The molecule has 2 heterocycles. The van der Waals surface area contributed by atoms with E-state index in [9.17, 15) is 4.79 Å². The highest BCUT2D eigenvalue weighted by molar-refractivity contribution is 7.13. The van der Waals surface area contributed by atoms with Crippen LogP contribution in [-0.4, -0.2) is 15.9 Å². The summed E-state index contributed by atoms with van der Waals surface area (Å²) in [6, 6.07) is 9.82. The third-order valence-electron chi connectivity index (χ3n) is 3.97. The third kappa shape index (κ3) is 3.86. The summed E-state index contributed by atoms with van der Waals surface area (Å²) in [5.41, 5.74) is 5.17. The molecule has 0 bridgehead atoms. The van der Waals surface area contributed by atoms with Gasteiger partial charge in [0.15, 0.2) is 0 Å². The minimum atomic E-state index is 0.0159. The van der Waals surface area contributed by atoms with Crippen molar-refractivity contribution in [3.05, 3.63) is 64.9 Å². The van der Waals surface area contributed by atoms with Crippen LogP contribution in [-0.2, 0) is 11.2 Å². The Kier molecular flexibility index (Phi) is 5.01. The third-order valence-corrected chi connectivity index (χ3v) is 4.91. The summed E-state index contributed by atoms with van der Waals surface area (Å²) in [7, 11) is 0. The van der Waals surface area contributed by atoms with Crippen LogP contribution in [0.25, 0.3) is 10.6 Å². The molecule has 0 radical (unpaired) electrons. The molecule has 0 atom stereocenters. The van der Waals surface area contributed by atoms with Gasteiger partial charge in [-0.05, 0) is 49.6 Å². The second kappa shape index (κ2) is 7.36. The van der Waals surface area contributed by atoms with Crippen molar-refractivity contribution < 1.29 is 4.79 Å². The first-order valence-corrected chi connectivity index (χ1v) is 8.72. The molecule has 24 heavy (non-hydrogen) atoms. The first-order valence-electron chi connectivity index (χ1n) is 7.84. The van der Waals surface area contributed by atoms with Gasteiger partial charge in [0.05, 0.1) is 5.69 Å². The number of carbonyl (C=O) groups excluding carboxylic acids is 1. The molecule has 0 saturated heterocycles. The SMILES string of the molecule is Cc1cccc(NC(=O)CCc2csc(-c3ccncc3)n2)c1C. The van der Waals surface area contributed by atoms with Crippen LogP contribution in [0.4, 0.5) is 5.69 Å². The molecule has 0 fully saturated rings. The van der Waals surface area contributed by atoms with Gasteiger partial charge in [-0.1, -0.05) is 12.1 Å². The maximum absolute atomic E-state index is 12.2. The lowest BCUT2D eigenvalue weighted by Crippen LogP contribution is -2.13. The second-order valence-electron chi connectivity index (χ2n) is 5.68. The minimum absolute atomic E-state index is 0.0159. The largest absolute Gasteiger partial charge is 0.326 e. The van der Waals surface area contributed by atoms with Gasteiger partial charge in [0, 0.05) is 35.4 Å². The van der Waals surface area contributed by atoms with Crippen molar-refractivity contribution in [1.82, 2.24) is 9.97 Å². The van der Waals surface area contributed by atoms with Crippen molar-refractivity contribution in [2.75, 3.05) is 5.32 Å². The quantitative estimate of drug-likeness (QED) is 0.751. The molecule has 0 aliphatic carbocycles. The molecule has 0 saturated carbocycles. The van der Waals surface area contributed by atoms with Gasteiger partial charge in [-0.25, -0.2) is 4.98 Å². The van der Waals surface area contributed by atoms with Crippen LogP contribution < -0.4 is 5.32 Å². The number of rotatable bonds is 5. The van der Waals surface area contributed by atoms with Gasteiger partial charge in [0.25, 0.3) is 0 Å². The van der Waals surface area contributed by atoms with Crippen molar-refractivity contribution in [2.45, 2.75) is 26.7 Å². The van der Waals surface area contributed by atoms with E-state index in [4.69, 9.17) is 0 Å². The number of pyridine rings is 1. The number of hydrogen-bond donors (Lipinski definition) is 1. The van der Waals surface area contributed by atoms with E-state index in [0.29, 0.717) is 12.8 Å². The van der Waals surface area contributed by atoms with Crippen LogP contribution in [0.3, 0.4) is 0 Å². The van der Waals surface area contributed by atoms with E-state index >= 15 is 0 Å². The fourth-order valence-corrected chi connectivity index (χ4v) is 3.25. The Hall–Kier alpha value is -2.53. The van der Waals surface area contributed by atoms with Gasteiger partial charge >= 0.3 is 0 Å². The normalized spacial score (nSPS) is 10.6. The van der Waals surface area contributed by atoms with Crippen molar-refractivity contribution in [1.29, 1.82) is 0 Å². The lowest BCUT2D eigenvalue weighted by molar-refractivity contribution is -0.116. The highest BCUT2D eigenvalue weighted by Gasteiger charge is 2.09. The van der Waals surface area contributed by atoms with E-state index in [-0.39, 0.29) is 5.91 Å². The van der Waals surface area contributed by atoms with Crippen molar-refractivity contribution >= 4 is 22.9 Å². The fraction of sp³-hybridized carbons (Fsp3) is 0.211. The van der Waals surface area contributed by atoms with Crippen LogP contribution >= 0.6 is 11.3 Å². The number of nitrogens with zero attached hydrogens (tertiary/aromatic N) is 2. The monoisotopic (exact) mass is 337 g/mol. The number of amides is 1. The zero-order valence-electron chi connectivity index (χ0n) is 13.7. The molecule has 1 aromatic carbocycles. The standard InChI is InChI=1S/C19H19N3OS/c1-13-4-3-5-17(14(13)2)22-18(23)7-6-16-12-24-19(21-16)15-8-10-20-11-9-15/h3-5,8-12H,6-7H2,1-2H3,(H,22,23). The summed E-state index contributed by atoms with van der Waals surface area (Å²) < 4.78 is 0. The molecule has 3 rings (SSSR count). The van der Waals surface area contributed by atoms with E-state index in [0.717, 1.165) is 27.5 Å². The predicted molar refractivity (Wildman–Crippen MR) is 98.2 cm³/mol. The van der Waals surface area contributed by atoms with E-state index in [1.165, 1.54) is 5.56 Å². The average Bonchev–Trinajstić information content (AvgIpc) is 3.07. The van der Waals surface area contributed by atoms with Crippen molar-refractivity contribution in [2.24, 2.45) is 0 Å². The molecule has 0 unspecified atom stereocenters. The zero-order chi connectivity index (χ0) is 16.9. The second-order valence-corrected chi connectivity index (χ2v) is 6.53. The molecular formula is C19H19N3OS. The molecule has 1 N–H and O–H groups in total. The molecule has 2 aromatic heterocycles. The van der Waals surface area contributed by atoms with Crippen LogP contribution in [0.2, 0.25) is 0 Å². The van der Waals surface area contributed by atoms with E-state index < -0.39 is 0 Å². The lowest BCUT2D eigenvalue weighted by Gasteiger charge is -2.09. The lowest BCUT2D eigenvalue weighted by atomic mass is 10.1. The Morgan fingerprint density at radius 3 is 2.75 bits per heavy atom. The van der Waals surface area contributed by atoms with Crippen LogP contribution in [0.1, 0.15) is 23.2 Å². The molecule has 122 valence electrons. The van der Waals surface area contributed by atoms with Crippen LogP contribution in [0.5, 0.6) is 0 Å². The molecular weight excluding hydrogens is 318 g/mol. The number of aromatic nitrogens is 2. The van der Waals surface area contributed by atoms with Gasteiger partial charge in [-0.2, -0.15) is 0 Å². The number of aryl methyl sites for hydroxylation is 2.